The molecule has 1 fully saturated rings. The molecular formula is C11H18N4O2. The first-order valence-electron chi connectivity index (χ1n) is 5.89. The number of carbonyl (C=O) groups excluding carboxylic acids is 1. The first-order valence-corrected chi connectivity index (χ1v) is 5.89. The van der Waals surface area contributed by atoms with Crippen molar-refractivity contribution in [3.05, 3.63) is 18.0 Å². The van der Waals surface area contributed by atoms with Crippen LogP contribution in [0.1, 0.15) is 12.6 Å². The van der Waals surface area contributed by atoms with E-state index in [2.05, 4.69) is 20.7 Å². The number of piperazine rings is 1. The van der Waals surface area contributed by atoms with Gasteiger partial charge < -0.3 is 15.2 Å². The molecule has 1 unspecified atom stereocenters. The van der Waals surface area contributed by atoms with E-state index in [-0.39, 0.29) is 11.9 Å². The van der Waals surface area contributed by atoms with Gasteiger partial charge in [-0.05, 0) is 6.92 Å². The molecule has 0 aromatic carbocycles. The molecule has 6 nitrogen and oxygen atoms in total. The SMILES string of the molecule is CC(C(=O)NCc1ccon1)N1CCNCC1. The van der Waals surface area contributed by atoms with Gasteiger partial charge in [0.1, 0.15) is 12.0 Å². The van der Waals surface area contributed by atoms with E-state index in [0.29, 0.717) is 6.54 Å². The first kappa shape index (κ1) is 12.1. The predicted octanol–water partition coefficient (Wildman–Crippen LogP) is -0.415. The van der Waals surface area contributed by atoms with Gasteiger partial charge >= 0.3 is 0 Å². The molecule has 0 radical (unpaired) electrons. The highest BCUT2D eigenvalue weighted by molar-refractivity contribution is 5.81. The summed E-state index contributed by atoms with van der Waals surface area (Å²) < 4.78 is 4.70. The van der Waals surface area contributed by atoms with Gasteiger partial charge in [0, 0.05) is 32.2 Å². The lowest BCUT2D eigenvalue weighted by Crippen LogP contribution is -2.52. The number of nitrogens with one attached hydrogen (secondary N) is 2. The Bertz CT molecular complexity index is 346. The zero-order valence-corrected chi connectivity index (χ0v) is 9.98. The first-order chi connectivity index (χ1) is 8.27. The molecule has 0 aliphatic carbocycles. The van der Waals surface area contributed by atoms with Gasteiger partial charge in [-0.3, -0.25) is 9.69 Å². The van der Waals surface area contributed by atoms with E-state index < -0.39 is 0 Å². The highest BCUT2D eigenvalue weighted by atomic mass is 16.5. The number of rotatable bonds is 4. The average Bonchev–Trinajstić information content (AvgIpc) is 2.89. The smallest absolute Gasteiger partial charge is 0.237 e. The normalized spacial score (nSPS) is 18.9. The standard InChI is InChI=1S/C11H18N4O2/c1-9(15-5-3-12-4-6-15)11(16)13-8-10-2-7-17-14-10/h2,7,9,12H,3-6,8H2,1H3,(H,13,16). The monoisotopic (exact) mass is 238 g/mol. The van der Waals surface area contributed by atoms with E-state index in [1.54, 1.807) is 6.07 Å². The van der Waals surface area contributed by atoms with Crippen LogP contribution >= 0.6 is 0 Å². The van der Waals surface area contributed by atoms with Crippen molar-refractivity contribution in [3.63, 3.8) is 0 Å². The largest absolute Gasteiger partial charge is 0.364 e. The van der Waals surface area contributed by atoms with Gasteiger partial charge in [0.05, 0.1) is 12.6 Å². The third kappa shape index (κ3) is 3.28. The van der Waals surface area contributed by atoms with Gasteiger partial charge in [0.2, 0.25) is 5.91 Å². The van der Waals surface area contributed by atoms with Crippen LogP contribution < -0.4 is 10.6 Å². The minimum Gasteiger partial charge on any atom is -0.364 e. The number of carbonyl (C=O) groups is 1. The zero-order chi connectivity index (χ0) is 12.1. The molecule has 17 heavy (non-hydrogen) atoms. The van der Waals surface area contributed by atoms with Crippen LogP contribution in [0, 0.1) is 0 Å². The summed E-state index contributed by atoms with van der Waals surface area (Å²) in [5, 5.41) is 9.87. The van der Waals surface area contributed by atoms with Gasteiger partial charge in [0.15, 0.2) is 0 Å². The van der Waals surface area contributed by atoms with E-state index in [1.165, 1.54) is 6.26 Å². The van der Waals surface area contributed by atoms with Crippen LogP contribution in [0.4, 0.5) is 0 Å². The number of hydrogen-bond donors (Lipinski definition) is 2. The van der Waals surface area contributed by atoms with E-state index in [0.717, 1.165) is 31.9 Å². The molecule has 2 heterocycles. The fourth-order valence-electron chi connectivity index (χ4n) is 1.89. The van der Waals surface area contributed by atoms with Gasteiger partial charge in [-0.15, -0.1) is 0 Å². The Kier molecular flexibility index (Phi) is 4.11. The summed E-state index contributed by atoms with van der Waals surface area (Å²) in [7, 11) is 0. The maximum atomic E-state index is 11.9. The lowest BCUT2D eigenvalue weighted by Gasteiger charge is -2.31. The van der Waals surface area contributed by atoms with E-state index in [4.69, 9.17) is 4.52 Å². The third-order valence-electron chi connectivity index (χ3n) is 3.01. The third-order valence-corrected chi connectivity index (χ3v) is 3.01. The lowest BCUT2D eigenvalue weighted by molar-refractivity contribution is -0.126. The number of aromatic nitrogens is 1. The quantitative estimate of drug-likeness (QED) is 0.746. The summed E-state index contributed by atoms with van der Waals surface area (Å²) in [5.41, 5.74) is 0.742. The second-order valence-corrected chi connectivity index (χ2v) is 4.17. The van der Waals surface area contributed by atoms with Gasteiger partial charge in [-0.2, -0.15) is 0 Å². The van der Waals surface area contributed by atoms with Crippen molar-refractivity contribution < 1.29 is 9.32 Å². The van der Waals surface area contributed by atoms with Crippen molar-refractivity contribution in [1.82, 2.24) is 20.7 Å². The summed E-state index contributed by atoms with van der Waals surface area (Å²) >= 11 is 0. The Morgan fingerprint density at radius 1 is 1.65 bits per heavy atom. The van der Waals surface area contributed by atoms with Crippen LogP contribution in [0.25, 0.3) is 0 Å². The molecule has 0 spiro atoms. The molecule has 1 saturated heterocycles. The molecule has 2 N–H and O–H groups in total. The van der Waals surface area contributed by atoms with Crippen molar-refractivity contribution >= 4 is 5.91 Å². The maximum Gasteiger partial charge on any atom is 0.237 e. The summed E-state index contributed by atoms with van der Waals surface area (Å²) in [4.78, 5) is 14.1. The molecule has 1 aliphatic heterocycles. The van der Waals surface area contributed by atoms with Gasteiger partial charge in [0.25, 0.3) is 0 Å². The summed E-state index contributed by atoms with van der Waals surface area (Å²) in [5.74, 6) is 0.0369. The molecule has 94 valence electrons. The highest BCUT2D eigenvalue weighted by Gasteiger charge is 2.22. The Labute approximate surface area is 100 Å². The minimum absolute atomic E-state index is 0.0369. The van der Waals surface area contributed by atoms with E-state index >= 15 is 0 Å². The Hall–Kier alpha value is -1.40. The molecule has 2 rings (SSSR count). The van der Waals surface area contributed by atoms with Crippen LogP contribution in [-0.2, 0) is 11.3 Å². The maximum absolute atomic E-state index is 11.9. The Morgan fingerprint density at radius 3 is 3.06 bits per heavy atom. The van der Waals surface area contributed by atoms with E-state index in [1.807, 2.05) is 6.92 Å². The molecule has 0 bridgehead atoms. The zero-order valence-electron chi connectivity index (χ0n) is 9.98. The summed E-state index contributed by atoms with van der Waals surface area (Å²) in [6.45, 7) is 6.08. The number of hydrogen-bond acceptors (Lipinski definition) is 5. The number of nitrogens with zero attached hydrogens (tertiary/aromatic N) is 2. The molecular weight excluding hydrogens is 220 g/mol. The minimum atomic E-state index is -0.0935. The second-order valence-electron chi connectivity index (χ2n) is 4.17. The van der Waals surface area contributed by atoms with Crippen LogP contribution in [0.5, 0.6) is 0 Å². The van der Waals surface area contributed by atoms with Crippen molar-refractivity contribution in [2.24, 2.45) is 0 Å². The predicted molar refractivity (Wildman–Crippen MR) is 62.3 cm³/mol. The topological polar surface area (TPSA) is 70.4 Å². The van der Waals surface area contributed by atoms with Crippen LogP contribution in [0.15, 0.2) is 16.9 Å². The second kappa shape index (κ2) is 5.79. The molecule has 6 heteroatoms. The number of amides is 1. The summed E-state index contributed by atoms with van der Waals surface area (Å²) in [6.07, 6.45) is 1.50. The molecule has 1 amide bonds. The molecule has 1 atom stereocenters. The molecule has 1 aromatic rings. The van der Waals surface area contributed by atoms with Crippen molar-refractivity contribution in [1.29, 1.82) is 0 Å². The van der Waals surface area contributed by atoms with Crippen molar-refractivity contribution in [2.75, 3.05) is 26.2 Å². The molecule has 1 aliphatic rings. The molecule has 1 aromatic heterocycles. The van der Waals surface area contributed by atoms with Crippen LogP contribution in [0.2, 0.25) is 0 Å². The van der Waals surface area contributed by atoms with Crippen molar-refractivity contribution in [3.8, 4) is 0 Å². The summed E-state index contributed by atoms with van der Waals surface area (Å²) in [6, 6.07) is 1.65. The average molecular weight is 238 g/mol. The van der Waals surface area contributed by atoms with Gasteiger partial charge in [-0.1, -0.05) is 5.16 Å². The van der Waals surface area contributed by atoms with Crippen LogP contribution in [0.3, 0.4) is 0 Å². The van der Waals surface area contributed by atoms with Crippen molar-refractivity contribution in [2.45, 2.75) is 19.5 Å². The van der Waals surface area contributed by atoms with Crippen LogP contribution in [-0.4, -0.2) is 48.2 Å². The van der Waals surface area contributed by atoms with E-state index in [9.17, 15) is 4.79 Å². The Balaban J connectivity index is 1.78. The Morgan fingerprint density at radius 2 is 2.41 bits per heavy atom. The fraction of sp³-hybridized carbons (Fsp3) is 0.636. The highest BCUT2D eigenvalue weighted by Crippen LogP contribution is 2.01. The van der Waals surface area contributed by atoms with Gasteiger partial charge in [-0.25, -0.2) is 0 Å². The molecule has 0 saturated carbocycles. The fourth-order valence-corrected chi connectivity index (χ4v) is 1.89. The lowest BCUT2D eigenvalue weighted by atomic mass is 10.2.